The molecule has 1 atom stereocenters. The van der Waals surface area contributed by atoms with Gasteiger partial charge in [-0.05, 0) is 33.2 Å². The molecule has 1 fully saturated rings. The Morgan fingerprint density at radius 3 is 2.56 bits per heavy atom. The second kappa shape index (κ2) is 9.27. The van der Waals surface area contributed by atoms with Crippen molar-refractivity contribution in [2.75, 3.05) is 65.4 Å². The minimum atomic E-state index is -0.410. The fraction of sp³-hybridized carbons (Fsp3) is 0.611. The molecule has 0 saturated carbocycles. The molecule has 0 spiro atoms. The van der Waals surface area contributed by atoms with Crippen LogP contribution < -0.4 is 9.64 Å². The van der Waals surface area contributed by atoms with Crippen molar-refractivity contribution in [3.8, 4) is 5.75 Å². The predicted octanol–water partition coefficient (Wildman–Crippen LogP) is 1.96. The lowest BCUT2D eigenvalue weighted by Gasteiger charge is -2.37. The number of amides is 1. The van der Waals surface area contributed by atoms with Gasteiger partial charge >= 0.3 is 0 Å². The number of hydrogen-bond donors (Lipinski definition) is 0. The smallest absolute Gasteiger partial charge is 0.251 e. The van der Waals surface area contributed by atoms with Crippen molar-refractivity contribution in [2.24, 2.45) is 0 Å². The molecule has 0 N–H and O–H groups in total. The molecule has 1 amide bonds. The predicted molar refractivity (Wildman–Crippen MR) is 101 cm³/mol. The van der Waals surface area contributed by atoms with E-state index in [1.807, 2.05) is 49.0 Å². The molecule has 1 aliphatic rings. The largest absolute Gasteiger partial charge is 0.497 e. The van der Waals surface area contributed by atoms with Gasteiger partial charge in [0, 0.05) is 38.8 Å². The van der Waals surface area contributed by atoms with Crippen LogP contribution in [-0.4, -0.2) is 82.3 Å². The van der Waals surface area contributed by atoms with E-state index >= 15 is 0 Å². The molecule has 0 bridgehead atoms. The van der Waals surface area contributed by atoms with E-state index in [9.17, 15) is 4.79 Å². The number of hydrogen-bond acceptors (Lipinski definition) is 5. The van der Waals surface area contributed by atoms with E-state index in [1.165, 1.54) is 0 Å². The Kier molecular flexibility index (Phi) is 7.35. The monoisotopic (exact) mass is 369 g/mol. The van der Waals surface area contributed by atoms with Crippen LogP contribution in [0.5, 0.6) is 5.75 Å². The van der Waals surface area contributed by atoms with Crippen LogP contribution in [0, 0.1) is 0 Å². The maximum atomic E-state index is 12.5. The summed E-state index contributed by atoms with van der Waals surface area (Å²) in [5.41, 5.74) is 0.948. The van der Waals surface area contributed by atoms with Crippen LogP contribution in [0.25, 0.3) is 0 Å². The average Bonchev–Trinajstić information content (AvgIpc) is 2.61. The molecule has 140 valence electrons. The van der Waals surface area contributed by atoms with Crippen molar-refractivity contribution in [2.45, 2.75) is 13.0 Å². The van der Waals surface area contributed by atoms with Gasteiger partial charge in [0.25, 0.3) is 5.91 Å². The first-order valence-electron chi connectivity index (χ1n) is 8.56. The second-order valence-electron chi connectivity index (χ2n) is 6.45. The summed E-state index contributed by atoms with van der Waals surface area (Å²) in [5.74, 6) is 0.830. The number of carbonyl (C=O) groups excluding carboxylic acids is 1. The van der Waals surface area contributed by atoms with Crippen LogP contribution in [0.1, 0.15) is 6.92 Å². The Labute approximate surface area is 155 Å². The zero-order chi connectivity index (χ0) is 18.4. The molecule has 6 nitrogen and oxygen atoms in total. The lowest BCUT2D eigenvalue weighted by atomic mass is 10.2. The number of halogens is 1. The summed E-state index contributed by atoms with van der Waals surface area (Å²) in [6, 6.07) is 5.62. The molecule has 0 unspecified atom stereocenters. The number of nitrogens with zero attached hydrogens (tertiary/aromatic N) is 3. The van der Waals surface area contributed by atoms with E-state index in [2.05, 4.69) is 4.90 Å². The lowest BCUT2D eigenvalue weighted by Crippen LogP contribution is -2.51. The molecule has 1 heterocycles. The van der Waals surface area contributed by atoms with Crippen LogP contribution in [0.4, 0.5) is 5.69 Å². The molecule has 0 aliphatic carbocycles. The molecule has 7 heteroatoms. The Morgan fingerprint density at radius 1 is 1.28 bits per heavy atom. The Morgan fingerprint density at radius 2 is 1.96 bits per heavy atom. The molecular weight excluding hydrogens is 342 g/mol. The fourth-order valence-electron chi connectivity index (χ4n) is 2.77. The van der Waals surface area contributed by atoms with Gasteiger partial charge in [0.05, 0.1) is 24.4 Å². The molecule has 25 heavy (non-hydrogen) atoms. The summed E-state index contributed by atoms with van der Waals surface area (Å²) in [6.07, 6.45) is -0.410. The maximum Gasteiger partial charge on any atom is 0.251 e. The topological polar surface area (TPSA) is 45.3 Å². The Bertz CT molecular complexity index is 575. The summed E-state index contributed by atoms with van der Waals surface area (Å²) in [4.78, 5) is 18.6. The summed E-state index contributed by atoms with van der Waals surface area (Å²) in [7, 11) is 5.61. The van der Waals surface area contributed by atoms with Crippen LogP contribution in [0.3, 0.4) is 0 Å². The first-order chi connectivity index (χ1) is 11.9. The number of methoxy groups -OCH3 is 1. The first-order valence-corrected chi connectivity index (χ1v) is 8.93. The standard InChI is InChI=1S/C18H28ClN3O3/c1-14(25-12-11-20(2)3)18(23)22-9-7-21(8-10-22)17-13-15(24-4)5-6-16(17)19/h5-6,13-14H,7-12H2,1-4H3/t14-/m1/s1. The van der Waals surface area contributed by atoms with E-state index < -0.39 is 6.10 Å². The van der Waals surface area contributed by atoms with Crippen molar-refractivity contribution in [3.63, 3.8) is 0 Å². The Balaban J connectivity index is 1.87. The van der Waals surface area contributed by atoms with E-state index in [-0.39, 0.29) is 5.91 Å². The molecular formula is C18H28ClN3O3. The highest BCUT2D eigenvalue weighted by Gasteiger charge is 2.26. The first kappa shape index (κ1) is 19.8. The number of benzene rings is 1. The van der Waals surface area contributed by atoms with Gasteiger partial charge in [0.2, 0.25) is 0 Å². The summed E-state index contributed by atoms with van der Waals surface area (Å²) in [5, 5.41) is 0.695. The molecule has 1 aromatic carbocycles. The van der Waals surface area contributed by atoms with E-state index in [0.717, 1.165) is 31.1 Å². The lowest BCUT2D eigenvalue weighted by molar-refractivity contribution is -0.143. The zero-order valence-corrected chi connectivity index (χ0v) is 16.3. The third-order valence-electron chi connectivity index (χ3n) is 4.34. The van der Waals surface area contributed by atoms with Gasteiger partial charge in [0.1, 0.15) is 11.9 Å². The van der Waals surface area contributed by atoms with Gasteiger partial charge in [-0.1, -0.05) is 11.6 Å². The average molecular weight is 370 g/mol. The number of piperazine rings is 1. The third-order valence-corrected chi connectivity index (χ3v) is 4.66. The molecule has 1 saturated heterocycles. The highest BCUT2D eigenvalue weighted by atomic mass is 35.5. The molecule has 1 aromatic rings. The minimum Gasteiger partial charge on any atom is -0.497 e. The third kappa shape index (κ3) is 5.49. The normalized spacial score (nSPS) is 16.2. The maximum absolute atomic E-state index is 12.5. The van der Waals surface area contributed by atoms with Crippen LogP contribution in [0.2, 0.25) is 5.02 Å². The fourth-order valence-corrected chi connectivity index (χ4v) is 3.01. The van der Waals surface area contributed by atoms with Gasteiger partial charge in [-0.15, -0.1) is 0 Å². The van der Waals surface area contributed by atoms with Crippen molar-refractivity contribution in [1.29, 1.82) is 0 Å². The highest BCUT2D eigenvalue weighted by molar-refractivity contribution is 6.33. The van der Waals surface area contributed by atoms with Crippen molar-refractivity contribution < 1.29 is 14.3 Å². The summed E-state index contributed by atoms with van der Waals surface area (Å²) < 4.78 is 10.9. The van der Waals surface area contributed by atoms with Crippen molar-refractivity contribution in [3.05, 3.63) is 23.2 Å². The minimum absolute atomic E-state index is 0.0511. The van der Waals surface area contributed by atoms with Crippen LogP contribution >= 0.6 is 11.6 Å². The SMILES string of the molecule is COc1ccc(Cl)c(N2CCN(C(=O)[C@@H](C)OCCN(C)C)CC2)c1. The number of likely N-dealkylation sites (N-methyl/N-ethyl adjacent to an activating group) is 1. The van der Waals surface area contributed by atoms with Crippen LogP contribution in [-0.2, 0) is 9.53 Å². The van der Waals surface area contributed by atoms with Gasteiger partial charge in [0.15, 0.2) is 0 Å². The number of carbonyl (C=O) groups is 1. The van der Waals surface area contributed by atoms with Crippen molar-refractivity contribution >= 4 is 23.2 Å². The molecule has 1 aliphatic heterocycles. The quantitative estimate of drug-likeness (QED) is 0.735. The zero-order valence-electron chi connectivity index (χ0n) is 15.5. The summed E-state index contributed by atoms with van der Waals surface area (Å²) >= 11 is 6.32. The highest BCUT2D eigenvalue weighted by Crippen LogP contribution is 2.30. The molecule has 0 aromatic heterocycles. The number of ether oxygens (including phenoxy) is 2. The van der Waals surface area contributed by atoms with Gasteiger partial charge in [-0.3, -0.25) is 4.79 Å². The second-order valence-corrected chi connectivity index (χ2v) is 6.85. The molecule has 0 radical (unpaired) electrons. The van der Waals surface area contributed by atoms with Gasteiger partial charge < -0.3 is 24.2 Å². The summed E-state index contributed by atoms with van der Waals surface area (Å²) in [6.45, 7) is 5.98. The van der Waals surface area contributed by atoms with Crippen molar-refractivity contribution in [1.82, 2.24) is 9.80 Å². The number of anilines is 1. The van der Waals surface area contributed by atoms with Crippen LogP contribution in [0.15, 0.2) is 18.2 Å². The Hall–Kier alpha value is -1.50. The van der Waals surface area contributed by atoms with Gasteiger partial charge in [-0.2, -0.15) is 0 Å². The van der Waals surface area contributed by atoms with Gasteiger partial charge in [-0.25, -0.2) is 0 Å². The van der Waals surface area contributed by atoms with E-state index in [0.29, 0.717) is 24.7 Å². The molecule has 2 rings (SSSR count). The van der Waals surface area contributed by atoms with E-state index in [4.69, 9.17) is 21.1 Å². The van der Waals surface area contributed by atoms with E-state index in [1.54, 1.807) is 7.11 Å². The number of rotatable bonds is 7.